The first-order valence-electron chi connectivity index (χ1n) is 6.72. The summed E-state index contributed by atoms with van der Waals surface area (Å²) in [6.07, 6.45) is 0. The quantitative estimate of drug-likeness (QED) is 0.806. The molecule has 0 fully saturated rings. The maximum Gasteiger partial charge on any atom is 0.254 e. The summed E-state index contributed by atoms with van der Waals surface area (Å²) in [5.41, 5.74) is 0.578. The summed E-state index contributed by atoms with van der Waals surface area (Å²) in [5, 5.41) is 1.15. The van der Waals surface area contributed by atoms with Gasteiger partial charge >= 0.3 is 0 Å². The van der Waals surface area contributed by atoms with Crippen LogP contribution >= 0.6 is 0 Å². The Morgan fingerprint density at radius 2 is 1.70 bits per heavy atom. The minimum atomic E-state index is -0.296. The molecule has 0 bridgehead atoms. The van der Waals surface area contributed by atoms with E-state index in [0.29, 0.717) is 22.9 Å². The molecule has 0 radical (unpaired) electrons. The Balaban J connectivity index is 2.43. The number of carbonyl (C=O) groups excluding carboxylic acids is 1. The van der Waals surface area contributed by atoms with Crippen LogP contribution in [0.3, 0.4) is 0 Å². The normalized spacial score (nSPS) is 11.7. The summed E-state index contributed by atoms with van der Waals surface area (Å²) < 4.78 is 13.8. The summed E-state index contributed by atoms with van der Waals surface area (Å²) in [5.74, 6) is -0.369. The van der Waals surface area contributed by atoms with Crippen LogP contribution < -0.4 is 0 Å². The van der Waals surface area contributed by atoms with Crippen molar-refractivity contribution in [1.82, 2.24) is 4.90 Å². The molecule has 0 aromatic heterocycles. The van der Waals surface area contributed by atoms with Gasteiger partial charge in [-0.25, -0.2) is 4.39 Å². The van der Waals surface area contributed by atoms with E-state index in [9.17, 15) is 9.18 Å². The Bertz CT molecular complexity index is 643. The Labute approximate surface area is 119 Å². The number of hydrogen-bond acceptors (Lipinski definition) is 1. The molecule has 20 heavy (non-hydrogen) atoms. The Hall–Kier alpha value is -1.90. The molecule has 2 rings (SSSR count). The summed E-state index contributed by atoms with van der Waals surface area (Å²) >= 11 is 0. The zero-order valence-corrected chi connectivity index (χ0v) is 12.4. The Kier molecular flexibility index (Phi) is 3.80. The van der Waals surface area contributed by atoms with Gasteiger partial charge in [0.2, 0.25) is 0 Å². The van der Waals surface area contributed by atoms with E-state index < -0.39 is 0 Å². The largest absolute Gasteiger partial charge is 0.341 e. The third-order valence-electron chi connectivity index (χ3n) is 3.16. The number of rotatable bonds is 2. The van der Waals surface area contributed by atoms with Crippen LogP contribution in [-0.4, -0.2) is 24.4 Å². The van der Waals surface area contributed by atoms with Gasteiger partial charge in [-0.15, -0.1) is 0 Å². The van der Waals surface area contributed by atoms with Crippen LogP contribution in [-0.2, 0) is 0 Å². The molecule has 0 atom stereocenters. The third-order valence-corrected chi connectivity index (χ3v) is 3.16. The van der Waals surface area contributed by atoms with Gasteiger partial charge in [0.15, 0.2) is 0 Å². The molecule has 1 amide bonds. The lowest BCUT2D eigenvalue weighted by Crippen LogP contribution is -2.34. The Morgan fingerprint density at radius 3 is 2.30 bits per heavy atom. The lowest BCUT2D eigenvalue weighted by Gasteiger charge is -2.27. The molecule has 2 nitrogen and oxygen atoms in total. The standard InChI is InChI=1S/C17H20FNO/c1-17(2,3)11-19(4)16(20)14-9-10-15(18)13-8-6-5-7-12(13)14/h5-10H,11H2,1-4H3. The molecule has 2 aromatic carbocycles. The maximum atomic E-state index is 13.8. The number of nitrogens with zero attached hydrogens (tertiary/aromatic N) is 1. The van der Waals surface area contributed by atoms with Crippen molar-refractivity contribution in [3.05, 3.63) is 47.8 Å². The van der Waals surface area contributed by atoms with Crippen molar-refractivity contribution in [1.29, 1.82) is 0 Å². The van der Waals surface area contributed by atoms with Gasteiger partial charge in [-0.05, 0) is 22.9 Å². The smallest absolute Gasteiger partial charge is 0.254 e. The molecule has 0 spiro atoms. The van der Waals surface area contributed by atoms with Crippen molar-refractivity contribution in [3.8, 4) is 0 Å². The Morgan fingerprint density at radius 1 is 1.10 bits per heavy atom. The van der Waals surface area contributed by atoms with Crippen LogP contribution in [0.4, 0.5) is 4.39 Å². The molecule has 0 N–H and O–H groups in total. The number of benzene rings is 2. The van der Waals surface area contributed by atoms with Crippen molar-refractivity contribution >= 4 is 16.7 Å². The minimum Gasteiger partial charge on any atom is -0.341 e. The summed E-state index contributed by atoms with van der Waals surface area (Å²) in [6, 6.07) is 10.0. The second-order valence-electron chi connectivity index (χ2n) is 6.36. The van der Waals surface area contributed by atoms with E-state index in [-0.39, 0.29) is 17.1 Å². The first kappa shape index (κ1) is 14.5. The molecule has 0 saturated carbocycles. The summed E-state index contributed by atoms with van der Waals surface area (Å²) in [6.45, 7) is 6.90. The van der Waals surface area contributed by atoms with Crippen molar-refractivity contribution in [2.24, 2.45) is 5.41 Å². The van der Waals surface area contributed by atoms with Crippen LogP contribution in [0.1, 0.15) is 31.1 Å². The highest BCUT2D eigenvalue weighted by Crippen LogP contribution is 2.24. The monoisotopic (exact) mass is 273 g/mol. The number of halogens is 1. The minimum absolute atomic E-state index is 0.0280. The third kappa shape index (κ3) is 2.98. The van der Waals surface area contributed by atoms with E-state index >= 15 is 0 Å². The summed E-state index contributed by atoms with van der Waals surface area (Å²) in [4.78, 5) is 14.2. The van der Waals surface area contributed by atoms with E-state index in [1.54, 1.807) is 36.2 Å². The number of amides is 1. The number of carbonyl (C=O) groups is 1. The summed E-state index contributed by atoms with van der Waals surface area (Å²) in [7, 11) is 1.78. The number of fused-ring (bicyclic) bond motifs is 1. The van der Waals surface area contributed by atoms with E-state index in [4.69, 9.17) is 0 Å². The van der Waals surface area contributed by atoms with E-state index in [0.717, 1.165) is 0 Å². The molecular weight excluding hydrogens is 253 g/mol. The van der Waals surface area contributed by atoms with Crippen molar-refractivity contribution in [2.45, 2.75) is 20.8 Å². The number of hydrogen-bond donors (Lipinski definition) is 0. The molecule has 0 aliphatic heterocycles. The first-order chi connectivity index (χ1) is 9.29. The van der Waals surface area contributed by atoms with Gasteiger partial charge in [-0.3, -0.25) is 4.79 Å². The van der Waals surface area contributed by atoms with Crippen molar-refractivity contribution < 1.29 is 9.18 Å². The lowest BCUT2D eigenvalue weighted by molar-refractivity contribution is 0.0747. The predicted octanol–water partition coefficient (Wildman–Crippen LogP) is 4.10. The topological polar surface area (TPSA) is 20.3 Å². The molecule has 2 aromatic rings. The predicted molar refractivity (Wildman–Crippen MR) is 80.3 cm³/mol. The zero-order valence-electron chi connectivity index (χ0n) is 12.4. The van der Waals surface area contributed by atoms with Crippen molar-refractivity contribution in [3.63, 3.8) is 0 Å². The van der Waals surface area contributed by atoms with Crippen LogP contribution in [0.5, 0.6) is 0 Å². The van der Waals surface area contributed by atoms with Crippen molar-refractivity contribution in [2.75, 3.05) is 13.6 Å². The zero-order chi connectivity index (χ0) is 14.9. The molecule has 0 saturated heterocycles. The van der Waals surface area contributed by atoms with Gasteiger partial charge in [0.25, 0.3) is 5.91 Å². The highest BCUT2D eigenvalue weighted by atomic mass is 19.1. The first-order valence-corrected chi connectivity index (χ1v) is 6.72. The molecule has 0 aliphatic rings. The second-order valence-corrected chi connectivity index (χ2v) is 6.36. The highest BCUT2D eigenvalue weighted by molar-refractivity contribution is 6.07. The van der Waals surface area contributed by atoms with E-state index in [2.05, 4.69) is 20.8 Å². The molecule has 3 heteroatoms. The second kappa shape index (κ2) is 5.23. The molecule has 0 unspecified atom stereocenters. The molecule has 106 valence electrons. The van der Waals surface area contributed by atoms with Gasteiger partial charge < -0.3 is 4.90 Å². The molecule has 0 aliphatic carbocycles. The van der Waals surface area contributed by atoms with Gasteiger partial charge in [0.1, 0.15) is 5.82 Å². The van der Waals surface area contributed by atoms with Crippen LogP contribution in [0.2, 0.25) is 0 Å². The fourth-order valence-corrected chi connectivity index (χ4v) is 2.44. The highest BCUT2D eigenvalue weighted by Gasteiger charge is 2.20. The fourth-order valence-electron chi connectivity index (χ4n) is 2.44. The molecular formula is C17H20FNO. The van der Waals surface area contributed by atoms with Crippen LogP contribution in [0.15, 0.2) is 36.4 Å². The van der Waals surface area contributed by atoms with Gasteiger partial charge in [0.05, 0.1) is 0 Å². The van der Waals surface area contributed by atoms with Crippen LogP contribution in [0.25, 0.3) is 10.8 Å². The SMILES string of the molecule is CN(CC(C)(C)C)C(=O)c1ccc(F)c2ccccc12. The lowest BCUT2D eigenvalue weighted by atomic mass is 9.95. The average molecular weight is 273 g/mol. The van der Waals surface area contributed by atoms with Crippen LogP contribution in [0, 0.1) is 11.2 Å². The van der Waals surface area contributed by atoms with Gasteiger partial charge in [-0.1, -0.05) is 45.0 Å². The maximum absolute atomic E-state index is 13.8. The van der Waals surface area contributed by atoms with E-state index in [1.807, 2.05) is 6.07 Å². The molecule has 0 heterocycles. The van der Waals surface area contributed by atoms with Gasteiger partial charge in [-0.2, -0.15) is 0 Å². The fraction of sp³-hybridized carbons (Fsp3) is 0.353. The van der Waals surface area contributed by atoms with Gasteiger partial charge in [0, 0.05) is 24.5 Å². The van der Waals surface area contributed by atoms with E-state index in [1.165, 1.54) is 6.07 Å². The average Bonchev–Trinajstić information content (AvgIpc) is 2.37.